The fourth-order valence-corrected chi connectivity index (χ4v) is 2.75. The van der Waals surface area contributed by atoms with E-state index in [0.717, 1.165) is 11.8 Å². The predicted octanol–water partition coefficient (Wildman–Crippen LogP) is 2.11. The van der Waals surface area contributed by atoms with Gasteiger partial charge in [0.05, 0.1) is 5.56 Å². The molecule has 2 aromatic rings. The maximum Gasteiger partial charge on any atom is 0.419 e. The molecule has 0 unspecified atom stereocenters. The third kappa shape index (κ3) is 3.34. The van der Waals surface area contributed by atoms with Gasteiger partial charge in [-0.2, -0.15) is 18.2 Å². The van der Waals surface area contributed by atoms with Crippen LogP contribution in [0, 0.1) is 6.92 Å². The second kappa shape index (κ2) is 6.14. The van der Waals surface area contributed by atoms with E-state index >= 15 is 0 Å². The number of aryl methyl sites for hydroxylation is 1. The van der Waals surface area contributed by atoms with Crippen molar-refractivity contribution in [2.45, 2.75) is 13.1 Å². The highest BCUT2D eigenvalue weighted by Crippen LogP contribution is 2.35. The van der Waals surface area contributed by atoms with E-state index in [1.807, 2.05) is 17.9 Å². The van der Waals surface area contributed by atoms with Gasteiger partial charge in [0.2, 0.25) is 5.95 Å². The van der Waals surface area contributed by atoms with Crippen LogP contribution in [0.2, 0.25) is 0 Å². The highest BCUT2D eigenvalue weighted by molar-refractivity contribution is 5.51. The minimum absolute atomic E-state index is 0.0250. The number of halogens is 3. The zero-order chi connectivity index (χ0) is 17.3. The van der Waals surface area contributed by atoms with Gasteiger partial charge in [0.1, 0.15) is 11.6 Å². The third-order valence-corrected chi connectivity index (χ3v) is 3.85. The van der Waals surface area contributed by atoms with Gasteiger partial charge in [0.15, 0.2) is 0 Å². The molecule has 128 valence electrons. The first-order valence-corrected chi connectivity index (χ1v) is 7.48. The average molecular weight is 338 g/mol. The number of rotatable bonds is 2. The lowest BCUT2D eigenvalue weighted by molar-refractivity contribution is -0.137. The fraction of sp³-hybridized carbons (Fsp3) is 0.400. The summed E-state index contributed by atoms with van der Waals surface area (Å²) < 4.78 is 39.4. The van der Waals surface area contributed by atoms with Crippen LogP contribution in [0.3, 0.4) is 0 Å². The van der Waals surface area contributed by atoms with Crippen molar-refractivity contribution >= 4 is 17.6 Å². The minimum atomic E-state index is -4.42. The molecule has 3 rings (SSSR count). The van der Waals surface area contributed by atoms with Crippen LogP contribution in [0.1, 0.15) is 11.3 Å². The zero-order valence-corrected chi connectivity index (χ0v) is 13.1. The van der Waals surface area contributed by atoms with E-state index in [4.69, 9.17) is 5.73 Å². The molecule has 24 heavy (non-hydrogen) atoms. The summed E-state index contributed by atoms with van der Waals surface area (Å²) in [5.41, 5.74) is 5.70. The van der Waals surface area contributed by atoms with Crippen LogP contribution in [0.15, 0.2) is 24.4 Å². The van der Waals surface area contributed by atoms with Crippen molar-refractivity contribution in [1.29, 1.82) is 0 Å². The molecule has 0 amide bonds. The Hall–Kier alpha value is -2.58. The summed E-state index contributed by atoms with van der Waals surface area (Å²) >= 11 is 0. The molecule has 0 atom stereocenters. The number of hydrogen-bond donors (Lipinski definition) is 1. The zero-order valence-electron chi connectivity index (χ0n) is 13.1. The second-order valence-electron chi connectivity index (χ2n) is 5.57. The third-order valence-electron chi connectivity index (χ3n) is 3.85. The number of hydrogen-bond acceptors (Lipinski definition) is 6. The number of alkyl halides is 3. The van der Waals surface area contributed by atoms with E-state index in [2.05, 4.69) is 15.0 Å². The Morgan fingerprint density at radius 3 is 2.38 bits per heavy atom. The van der Waals surface area contributed by atoms with E-state index in [1.165, 1.54) is 12.3 Å². The van der Waals surface area contributed by atoms with E-state index < -0.39 is 11.7 Å². The number of nitrogen functional groups attached to an aromatic ring is 1. The summed E-state index contributed by atoms with van der Waals surface area (Å²) in [7, 11) is 0. The lowest BCUT2D eigenvalue weighted by Gasteiger charge is -2.37. The number of nitrogens with zero attached hydrogens (tertiary/aromatic N) is 5. The van der Waals surface area contributed by atoms with E-state index in [9.17, 15) is 13.2 Å². The molecule has 1 aliphatic heterocycles. The van der Waals surface area contributed by atoms with Crippen molar-refractivity contribution in [3.05, 3.63) is 35.7 Å². The van der Waals surface area contributed by atoms with Gasteiger partial charge >= 0.3 is 6.18 Å². The van der Waals surface area contributed by atoms with Gasteiger partial charge < -0.3 is 15.5 Å². The smallest absolute Gasteiger partial charge is 0.368 e. The first-order valence-electron chi connectivity index (χ1n) is 7.48. The van der Waals surface area contributed by atoms with Gasteiger partial charge in [-0.05, 0) is 19.1 Å². The quantitative estimate of drug-likeness (QED) is 0.904. The minimum Gasteiger partial charge on any atom is -0.368 e. The molecule has 2 aromatic heterocycles. The Morgan fingerprint density at radius 2 is 1.75 bits per heavy atom. The summed E-state index contributed by atoms with van der Waals surface area (Å²) in [4.78, 5) is 15.8. The van der Waals surface area contributed by atoms with Crippen molar-refractivity contribution < 1.29 is 13.2 Å². The van der Waals surface area contributed by atoms with E-state index in [1.54, 1.807) is 4.90 Å². The van der Waals surface area contributed by atoms with Crippen LogP contribution in [0.4, 0.5) is 30.8 Å². The molecule has 1 fully saturated rings. The summed E-state index contributed by atoms with van der Waals surface area (Å²) in [5, 5.41) is 0. The molecule has 0 bridgehead atoms. The van der Waals surface area contributed by atoms with Crippen LogP contribution in [0.5, 0.6) is 0 Å². The molecule has 0 aliphatic carbocycles. The Bertz CT molecular complexity index is 705. The van der Waals surface area contributed by atoms with Crippen LogP contribution >= 0.6 is 0 Å². The van der Waals surface area contributed by atoms with Gasteiger partial charge in [-0.1, -0.05) is 0 Å². The Kier molecular flexibility index (Phi) is 4.16. The molecule has 0 radical (unpaired) electrons. The summed E-state index contributed by atoms with van der Waals surface area (Å²) in [6, 6.07) is 4.17. The molecule has 9 heteroatoms. The molecule has 1 aliphatic rings. The summed E-state index contributed by atoms with van der Waals surface area (Å²) in [6.07, 6.45) is -3.04. The SMILES string of the molecule is Cc1cc(N2CCN(c3ncccc3C(F)(F)F)CC2)nc(N)n1. The largest absolute Gasteiger partial charge is 0.419 e. The van der Waals surface area contributed by atoms with Gasteiger partial charge in [-0.15, -0.1) is 0 Å². The molecular weight excluding hydrogens is 321 g/mol. The second-order valence-corrected chi connectivity index (χ2v) is 5.57. The summed E-state index contributed by atoms with van der Waals surface area (Å²) in [6.45, 7) is 3.72. The van der Waals surface area contributed by atoms with Crippen molar-refractivity contribution in [2.75, 3.05) is 41.7 Å². The van der Waals surface area contributed by atoms with Gasteiger partial charge in [-0.25, -0.2) is 9.97 Å². The van der Waals surface area contributed by atoms with Gasteiger partial charge in [0, 0.05) is 44.1 Å². The maximum atomic E-state index is 13.1. The standard InChI is InChI=1S/C15H17F3N6/c1-10-9-12(22-14(19)21-10)23-5-7-24(8-6-23)13-11(15(16,17)18)3-2-4-20-13/h2-4,9H,5-8H2,1H3,(H2,19,21,22). The highest BCUT2D eigenvalue weighted by atomic mass is 19.4. The maximum absolute atomic E-state index is 13.1. The number of aromatic nitrogens is 3. The first-order chi connectivity index (χ1) is 11.3. The Morgan fingerprint density at radius 1 is 1.08 bits per heavy atom. The highest BCUT2D eigenvalue weighted by Gasteiger charge is 2.36. The Balaban J connectivity index is 1.76. The van der Waals surface area contributed by atoms with Crippen LogP contribution in [-0.2, 0) is 6.18 Å². The molecule has 0 saturated carbocycles. The lowest BCUT2D eigenvalue weighted by atomic mass is 10.2. The predicted molar refractivity (Wildman–Crippen MR) is 84.8 cm³/mol. The van der Waals surface area contributed by atoms with Gasteiger partial charge in [0.25, 0.3) is 0 Å². The number of anilines is 3. The molecule has 6 nitrogen and oxygen atoms in total. The van der Waals surface area contributed by atoms with Gasteiger partial charge in [-0.3, -0.25) is 0 Å². The average Bonchev–Trinajstić information content (AvgIpc) is 2.53. The Labute approximate surface area is 137 Å². The number of nitrogens with two attached hydrogens (primary N) is 1. The number of piperazine rings is 1. The molecule has 0 spiro atoms. The monoisotopic (exact) mass is 338 g/mol. The fourth-order valence-electron chi connectivity index (χ4n) is 2.75. The van der Waals surface area contributed by atoms with Crippen molar-refractivity contribution in [3.8, 4) is 0 Å². The molecule has 3 heterocycles. The molecule has 1 saturated heterocycles. The van der Waals surface area contributed by atoms with Crippen LogP contribution < -0.4 is 15.5 Å². The lowest BCUT2D eigenvalue weighted by Crippen LogP contribution is -2.47. The van der Waals surface area contributed by atoms with Crippen LogP contribution in [-0.4, -0.2) is 41.1 Å². The molecule has 2 N–H and O–H groups in total. The van der Waals surface area contributed by atoms with Crippen molar-refractivity contribution in [1.82, 2.24) is 15.0 Å². The topological polar surface area (TPSA) is 71.2 Å². The molecule has 0 aromatic carbocycles. The molecular formula is C15H17F3N6. The normalized spacial score (nSPS) is 15.7. The number of pyridine rings is 1. The first kappa shape index (κ1) is 16.3. The van der Waals surface area contributed by atoms with E-state index in [-0.39, 0.29) is 11.8 Å². The van der Waals surface area contributed by atoms with E-state index in [0.29, 0.717) is 32.0 Å². The van der Waals surface area contributed by atoms with Crippen molar-refractivity contribution in [3.63, 3.8) is 0 Å². The summed E-state index contributed by atoms with van der Waals surface area (Å²) in [5.74, 6) is 0.858. The van der Waals surface area contributed by atoms with Crippen molar-refractivity contribution in [2.24, 2.45) is 0 Å². The van der Waals surface area contributed by atoms with Crippen LogP contribution in [0.25, 0.3) is 0 Å².